The van der Waals surface area contributed by atoms with E-state index in [2.05, 4.69) is 4.98 Å². The Balaban J connectivity index is 1.76. The molecule has 0 saturated carbocycles. The van der Waals surface area contributed by atoms with Gasteiger partial charge in [0.25, 0.3) is 5.89 Å². The highest BCUT2D eigenvalue weighted by Gasteiger charge is 2.26. The van der Waals surface area contributed by atoms with Gasteiger partial charge in [-0.25, -0.2) is 4.98 Å². The molecule has 1 aliphatic rings. The number of rotatable bonds is 4. The number of likely N-dealkylation sites (tertiary alicyclic amines) is 1. The number of carbonyl (C=O) groups excluding carboxylic acids is 1. The van der Waals surface area contributed by atoms with Crippen LogP contribution in [-0.4, -0.2) is 41.1 Å². The molecular weight excluding hydrogens is 356 g/mol. The third-order valence-corrected chi connectivity index (χ3v) is 4.95. The number of hydrogen-bond acceptors (Lipinski definition) is 5. The van der Waals surface area contributed by atoms with Crippen LogP contribution >= 0.6 is 0 Å². The Morgan fingerprint density at radius 2 is 1.64 bits per heavy atom. The molecule has 1 N–H and O–H groups in total. The fraction of sp³-hybridized carbons (Fsp3) is 0.273. The SMILES string of the molecule is COc1ccc(-c2nc(C(=O)N3CCCCC3)oc2-c2ccc(O)cc2)cc1. The lowest BCUT2D eigenvalue weighted by atomic mass is 10.1. The maximum Gasteiger partial charge on any atom is 0.309 e. The van der Waals surface area contributed by atoms with E-state index in [4.69, 9.17) is 9.15 Å². The Bertz CT molecular complexity index is 955. The second-order valence-electron chi connectivity index (χ2n) is 6.82. The van der Waals surface area contributed by atoms with Gasteiger partial charge >= 0.3 is 5.91 Å². The average Bonchev–Trinajstić information content (AvgIpc) is 3.20. The number of phenols is 1. The van der Waals surface area contributed by atoms with Crippen molar-refractivity contribution in [2.45, 2.75) is 19.3 Å². The number of aromatic hydroxyl groups is 1. The van der Waals surface area contributed by atoms with Crippen molar-refractivity contribution in [1.82, 2.24) is 9.88 Å². The smallest absolute Gasteiger partial charge is 0.309 e. The highest BCUT2D eigenvalue weighted by atomic mass is 16.5. The van der Waals surface area contributed by atoms with Gasteiger partial charge in [-0.3, -0.25) is 4.79 Å². The normalized spacial score (nSPS) is 14.1. The number of nitrogens with zero attached hydrogens (tertiary/aromatic N) is 2. The molecule has 6 nitrogen and oxygen atoms in total. The molecule has 1 amide bonds. The van der Waals surface area contributed by atoms with Gasteiger partial charge in [0.1, 0.15) is 17.2 Å². The van der Waals surface area contributed by atoms with E-state index in [1.807, 2.05) is 24.3 Å². The summed E-state index contributed by atoms with van der Waals surface area (Å²) in [4.78, 5) is 19.2. The van der Waals surface area contributed by atoms with Gasteiger partial charge in [0.2, 0.25) is 0 Å². The summed E-state index contributed by atoms with van der Waals surface area (Å²) in [6, 6.07) is 14.1. The fourth-order valence-electron chi connectivity index (χ4n) is 3.40. The quantitative estimate of drug-likeness (QED) is 0.730. The topological polar surface area (TPSA) is 75.8 Å². The van der Waals surface area contributed by atoms with Crippen molar-refractivity contribution >= 4 is 5.91 Å². The second kappa shape index (κ2) is 7.76. The average molecular weight is 378 g/mol. The molecule has 2 heterocycles. The largest absolute Gasteiger partial charge is 0.508 e. The second-order valence-corrected chi connectivity index (χ2v) is 6.82. The summed E-state index contributed by atoms with van der Waals surface area (Å²) in [7, 11) is 1.61. The van der Waals surface area contributed by atoms with Crippen LogP contribution in [0.5, 0.6) is 11.5 Å². The zero-order valence-corrected chi connectivity index (χ0v) is 15.7. The molecule has 6 heteroatoms. The number of benzene rings is 2. The molecule has 4 rings (SSSR count). The van der Waals surface area contributed by atoms with Gasteiger partial charge in [0.15, 0.2) is 5.76 Å². The van der Waals surface area contributed by atoms with Crippen molar-refractivity contribution in [3.05, 3.63) is 54.4 Å². The number of phenolic OH excluding ortho intramolecular Hbond substituents is 1. The molecule has 0 spiro atoms. The first-order valence-electron chi connectivity index (χ1n) is 9.39. The van der Waals surface area contributed by atoms with Gasteiger partial charge in [-0.05, 0) is 67.8 Å². The highest BCUT2D eigenvalue weighted by Crippen LogP contribution is 2.34. The summed E-state index contributed by atoms with van der Waals surface area (Å²) < 4.78 is 11.2. The molecule has 0 unspecified atom stereocenters. The van der Waals surface area contributed by atoms with Crippen LogP contribution in [0.3, 0.4) is 0 Å². The van der Waals surface area contributed by atoms with Gasteiger partial charge in [-0.15, -0.1) is 0 Å². The molecule has 28 heavy (non-hydrogen) atoms. The van der Waals surface area contributed by atoms with E-state index in [-0.39, 0.29) is 17.5 Å². The third kappa shape index (κ3) is 3.58. The fourth-order valence-corrected chi connectivity index (χ4v) is 3.40. The number of amides is 1. The van der Waals surface area contributed by atoms with Crippen LogP contribution in [0.2, 0.25) is 0 Å². The number of carbonyl (C=O) groups is 1. The molecule has 0 radical (unpaired) electrons. The summed E-state index contributed by atoms with van der Waals surface area (Å²) in [6.07, 6.45) is 3.15. The molecule has 144 valence electrons. The minimum atomic E-state index is -0.181. The van der Waals surface area contributed by atoms with Crippen LogP contribution in [0.4, 0.5) is 0 Å². The van der Waals surface area contributed by atoms with Crippen molar-refractivity contribution in [2.75, 3.05) is 20.2 Å². The van der Waals surface area contributed by atoms with E-state index >= 15 is 0 Å². The van der Waals surface area contributed by atoms with E-state index in [0.717, 1.165) is 49.2 Å². The minimum absolute atomic E-state index is 0.0933. The lowest BCUT2D eigenvalue weighted by Gasteiger charge is -2.25. The maximum atomic E-state index is 12.9. The van der Waals surface area contributed by atoms with E-state index in [9.17, 15) is 9.90 Å². The molecule has 2 aromatic carbocycles. The van der Waals surface area contributed by atoms with E-state index in [1.165, 1.54) is 0 Å². The molecule has 1 saturated heterocycles. The predicted molar refractivity (Wildman–Crippen MR) is 105 cm³/mol. The number of oxazole rings is 1. The van der Waals surface area contributed by atoms with E-state index in [1.54, 1.807) is 36.3 Å². The molecule has 1 fully saturated rings. The van der Waals surface area contributed by atoms with Crippen molar-refractivity contribution in [2.24, 2.45) is 0 Å². The first-order valence-corrected chi connectivity index (χ1v) is 9.39. The van der Waals surface area contributed by atoms with Crippen LogP contribution in [0, 0.1) is 0 Å². The zero-order chi connectivity index (χ0) is 19.5. The van der Waals surface area contributed by atoms with Crippen LogP contribution in [0.25, 0.3) is 22.6 Å². The van der Waals surface area contributed by atoms with Crippen LogP contribution in [0.1, 0.15) is 29.9 Å². The summed E-state index contributed by atoms with van der Waals surface area (Å²) in [5.74, 6) is 1.32. The van der Waals surface area contributed by atoms with Gasteiger partial charge in [-0.2, -0.15) is 0 Å². The van der Waals surface area contributed by atoms with Gasteiger partial charge < -0.3 is 19.2 Å². The predicted octanol–water partition coefficient (Wildman–Crippen LogP) is 4.35. The van der Waals surface area contributed by atoms with Gasteiger partial charge in [0, 0.05) is 24.2 Å². The molecule has 1 aromatic heterocycles. The highest BCUT2D eigenvalue weighted by molar-refractivity contribution is 5.92. The Labute approximate surface area is 163 Å². The Morgan fingerprint density at radius 1 is 1.00 bits per heavy atom. The summed E-state index contributed by atoms with van der Waals surface area (Å²) in [5, 5.41) is 9.59. The zero-order valence-electron chi connectivity index (χ0n) is 15.7. The Morgan fingerprint density at radius 3 is 2.29 bits per heavy atom. The summed E-state index contributed by atoms with van der Waals surface area (Å²) in [5.41, 5.74) is 2.16. The Kier molecular flexibility index (Phi) is 5.02. The lowest BCUT2D eigenvalue weighted by Crippen LogP contribution is -2.35. The van der Waals surface area contributed by atoms with E-state index in [0.29, 0.717) is 11.5 Å². The van der Waals surface area contributed by atoms with Gasteiger partial charge in [0.05, 0.1) is 7.11 Å². The maximum absolute atomic E-state index is 12.9. The lowest BCUT2D eigenvalue weighted by molar-refractivity contribution is 0.0685. The standard InChI is InChI=1S/C22H22N2O4/c1-27-18-11-7-15(8-12-18)19-20(16-5-9-17(25)10-6-16)28-21(23-19)22(26)24-13-3-2-4-14-24/h5-12,25H,2-4,13-14H2,1H3. The van der Waals surface area contributed by atoms with Crippen molar-refractivity contribution in [1.29, 1.82) is 0 Å². The van der Waals surface area contributed by atoms with Gasteiger partial charge in [-0.1, -0.05) is 0 Å². The molecule has 1 aliphatic heterocycles. The summed E-state index contributed by atoms with van der Waals surface area (Å²) in [6.45, 7) is 1.46. The third-order valence-electron chi connectivity index (χ3n) is 4.95. The number of aromatic nitrogens is 1. The first-order chi connectivity index (χ1) is 13.7. The number of methoxy groups -OCH3 is 1. The molecule has 0 bridgehead atoms. The number of piperidine rings is 1. The number of hydrogen-bond donors (Lipinski definition) is 1. The van der Waals surface area contributed by atoms with Crippen LogP contribution in [-0.2, 0) is 0 Å². The van der Waals surface area contributed by atoms with Crippen LogP contribution in [0.15, 0.2) is 52.9 Å². The first kappa shape index (κ1) is 18.1. The molecule has 3 aromatic rings. The van der Waals surface area contributed by atoms with Crippen molar-refractivity contribution in [3.63, 3.8) is 0 Å². The van der Waals surface area contributed by atoms with Crippen molar-refractivity contribution in [3.8, 4) is 34.1 Å². The molecule has 0 atom stereocenters. The summed E-state index contributed by atoms with van der Waals surface area (Å²) >= 11 is 0. The molecular formula is C22H22N2O4. The van der Waals surface area contributed by atoms with Crippen LogP contribution < -0.4 is 4.74 Å². The molecule has 0 aliphatic carbocycles. The van der Waals surface area contributed by atoms with E-state index < -0.39 is 0 Å². The Hall–Kier alpha value is -3.28. The number of ether oxygens (including phenoxy) is 1. The minimum Gasteiger partial charge on any atom is -0.508 e. The monoisotopic (exact) mass is 378 g/mol. The van der Waals surface area contributed by atoms with Crippen molar-refractivity contribution < 1.29 is 19.1 Å².